The molecule has 0 heterocycles. The number of nitriles is 1. The van der Waals surface area contributed by atoms with Gasteiger partial charge in [-0.15, -0.1) is 0 Å². The van der Waals surface area contributed by atoms with E-state index in [9.17, 15) is 9.59 Å². The van der Waals surface area contributed by atoms with Crippen molar-refractivity contribution >= 4 is 17.5 Å². The summed E-state index contributed by atoms with van der Waals surface area (Å²) in [6.45, 7) is 5.32. The van der Waals surface area contributed by atoms with Crippen LogP contribution in [0.15, 0.2) is 24.3 Å². The van der Waals surface area contributed by atoms with Gasteiger partial charge in [-0.3, -0.25) is 9.59 Å². The average molecular weight is 301 g/mol. The normalized spacial score (nSPS) is 9.86. The van der Waals surface area contributed by atoms with Gasteiger partial charge in [-0.2, -0.15) is 5.26 Å². The van der Waals surface area contributed by atoms with Gasteiger partial charge in [-0.1, -0.05) is 26.7 Å². The number of rotatable bonds is 7. The van der Waals surface area contributed by atoms with Gasteiger partial charge in [0.05, 0.1) is 11.6 Å². The smallest absolute Gasteiger partial charge is 0.313 e. The highest BCUT2D eigenvalue weighted by Crippen LogP contribution is 2.09. The zero-order chi connectivity index (χ0) is 16.4. The molecule has 0 unspecified atom stereocenters. The van der Waals surface area contributed by atoms with Crippen LogP contribution in [0.5, 0.6) is 0 Å². The molecular formula is C17H23N3O2. The quantitative estimate of drug-likeness (QED) is 0.787. The van der Waals surface area contributed by atoms with Crippen molar-refractivity contribution < 1.29 is 9.59 Å². The Hall–Kier alpha value is -2.35. The molecule has 0 aliphatic carbocycles. The van der Waals surface area contributed by atoms with Crippen molar-refractivity contribution in [2.24, 2.45) is 0 Å². The molecule has 22 heavy (non-hydrogen) atoms. The first-order chi connectivity index (χ1) is 10.6. The topological polar surface area (TPSA) is 73.2 Å². The maximum Gasteiger partial charge on any atom is 0.313 e. The van der Waals surface area contributed by atoms with E-state index in [1.807, 2.05) is 6.07 Å². The molecule has 0 spiro atoms. The second-order valence-electron chi connectivity index (χ2n) is 5.14. The van der Waals surface area contributed by atoms with E-state index in [1.54, 1.807) is 29.2 Å². The van der Waals surface area contributed by atoms with Crippen molar-refractivity contribution in [3.63, 3.8) is 0 Å². The molecule has 0 radical (unpaired) electrons. The summed E-state index contributed by atoms with van der Waals surface area (Å²) in [5, 5.41) is 11.3. The number of nitrogens with zero attached hydrogens (tertiary/aromatic N) is 2. The van der Waals surface area contributed by atoms with E-state index >= 15 is 0 Å². The Kier molecular flexibility index (Phi) is 7.69. The Labute approximate surface area is 131 Å². The maximum absolute atomic E-state index is 12.2. The SMILES string of the molecule is CCCCN(CCCC)C(=O)C(=O)Nc1ccc(C#N)cc1. The number of hydrogen-bond acceptors (Lipinski definition) is 3. The molecule has 0 aromatic heterocycles. The van der Waals surface area contributed by atoms with Gasteiger partial charge in [0.2, 0.25) is 0 Å². The maximum atomic E-state index is 12.2. The van der Waals surface area contributed by atoms with E-state index < -0.39 is 11.8 Å². The Bertz CT molecular complexity index is 524. The van der Waals surface area contributed by atoms with E-state index in [-0.39, 0.29) is 0 Å². The molecule has 2 amide bonds. The van der Waals surface area contributed by atoms with Gasteiger partial charge in [0.1, 0.15) is 0 Å². The molecule has 1 rings (SSSR count). The average Bonchev–Trinajstić information content (AvgIpc) is 2.55. The monoisotopic (exact) mass is 301 g/mol. The minimum Gasteiger partial charge on any atom is -0.334 e. The molecule has 0 aliphatic heterocycles. The van der Waals surface area contributed by atoms with Gasteiger partial charge in [-0.05, 0) is 37.1 Å². The molecule has 0 aliphatic rings. The third-order valence-corrected chi connectivity index (χ3v) is 3.32. The van der Waals surface area contributed by atoms with Crippen molar-refractivity contribution in [3.8, 4) is 6.07 Å². The number of hydrogen-bond donors (Lipinski definition) is 1. The van der Waals surface area contributed by atoms with Crippen LogP contribution in [0.2, 0.25) is 0 Å². The highest BCUT2D eigenvalue weighted by molar-refractivity contribution is 6.39. The van der Waals surface area contributed by atoms with Crippen molar-refractivity contribution in [1.29, 1.82) is 5.26 Å². The summed E-state index contributed by atoms with van der Waals surface area (Å²) in [7, 11) is 0. The fourth-order valence-electron chi connectivity index (χ4n) is 1.97. The summed E-state index contributed by atoms with van der Waals surface area (Å²) < 4.78 is 0. The van der Waals surface area contributed by atoms with Gasteiger partial charge in [-0.25, -0.2) is 0 Å². The molecule has 1 aromatic carbocycles. The molecule has 0 atom stereocenters. The largest absolute Gasteiger partial charge is 0.334 e. The van der Waals surface area contributed by atoms with Crippen molar-refractivity contribution in [3.05, 3.63) is 29.8 Å². The van der Waals surface area contributed by atoms with Crippen LogP contribution in [0.1, 0.15) is 45.1 Å². The standard InChI is InChI=1S/C17H23N3O2/c1-3-5-11-20(12-6-4-2)17(22)16(21)19-15-9-7-14(13-18)8-10-15/h7-10H,3-6,11-12H2,1-2H3,(H,19,21). The summed E-state index contributed by atoms with van der Waals surface area (Å²) in [6, 6.07) is 8.45. The third kappa shape index (κ3) is 5.57. The molecule has 118 valence electrons. The highest BCUT2D eigenvalue weighted by atomic mass is 16.2. The lowest BCUT2D eigenvalue weighted by Crippen LogP contribution is -2.40. The number of amides is 2. The first kappa shape index (κ1) is 17.7. The van der Waals surface area contributed by atoms with Gasteiger partial charge in [0.25, 0.3) is 0 Å². The Morgan fingerprint density at radius 2 is 1.64 bits per heavy atom. The zero-order valence-electron chi connectivity index (χ0n) is 13.3. The van der Waals surface area contributed by atoms with E-state index in [4.69, 9.17) is 5.26 Å². The number of anilines is 1. The van der Waals surface area contributed by atoms with E-state index in [1.165, 1.54) is 0 Å². The van der Waals surface area contributed by atoms with Gasteiger partial charge in [0.15, 0.2) is 0 Å². The second kappa shape index (κ2) is 9.56. The minimum absolute atomic E-state index is 0.494. The van der Waals surface area contributed by atoms with Crippen LogP contribution in [0.25, 0.3) is 0 Å². The van der Waals surface area contributed by atoms with Crippen molar-refractivity contribution in [2.45, 2.75) is 39.5 Å². The molecule has 5 nitrogen and oxygen atoms in total. The molecule has 1 aromatic rings. The van der Waals surface area contributed by atoms with Gasteiger partial charge in [0, 0.05) is 18.8 Å². The van der Waals surface area contributed by atoms with Crippen LogP contribution in [0.3, 0.4) is 0 Å². The van der Waals surface area contributed by atoms with Crippen LogP contribution < -0.4 is 5.32 Å². The number of nitrogens with one attached hydrogen (secondary N) is 1. The lowest BCUT2D eigenvalue weighted by Gasteiger charge is -2.21. The molecule has 0 saturated carbocycles. The molecule has 5 heteroatoms. The fourth-order valence-corrected chi connectivity index (χ4v) is 1.97. The van der Waals surface area contributed by atoms with Crippen LogP contribution in [-0.4, -0.2) is 29.8 Å². The predicted molar refractivity (Wildman–Crippen MR) is 86.2 cm³/mol. The van der Waals surface area contributed by atoms with Crippen LogP contribution in [0, 0.1) is 11.3 Å². The Morgan fingerprint density at radius 1 is 1.09 bits per heavy atom. The van der Waals surface area contributed by atoms with Crippen molar-refractivity contribution in [2.75, 3.05) is 18.4 Å². The van der Waals surface area contributed by atoms with Crippen LogP contribution in [0.4, 0.5) is 5.69 Å². The molecule has 0 bridgehead atoms. The minimum atomic E-state index is -0.628. The number of carbonyl (C=O) groups is 2. The van der Waals surface area contributed by atoms with Crippen molar-refractivity contribution in [1.82, 2.24) is 4.90 Å². The second-order valence-corrected chi connectivity index (χ2v) is 5.14. The summed E-state index contributed by atoms with van der Waals surface area (Å²) in [4.78, 5) is 25.9. The predicted octanol–water partition coefficient (Wildman–Crippen LogP) is 2.93. The molecular weight excluding hydrogens is 278 g/mol. The molecule has 0 saturated heterocycles. The Morgan fingerprint density at radius 3 is 2.09 bits per heavy atom. The number of carbonyl (C=O) groups excluding carboxylic acids is 2. The summed E-state index contributed by atoms with van der Waals surface area (Å²) in [6.07, 6.45) is 3.74. The number of benzene rings is 1. The van der Waals surface area contributed by atoms with Crippen LogP contribution in [-0.2, 0) is 9.59 Å². The lowest BCUT2D eigenvalue weighted by molar-refractivity contribution is -0.143. The molecule has 0 fully saturated rings. The first-order valence-electron chi connectivity index (χ1n) is 7.72. The lowest BCUT2D eigenvalue weighted by atomic mass is 10.2. The van der Waals surface area contributed by atoms with E-state index in [2.05, 4.69) is 19.2 Å². The van der Waals surface area contributed by atoms with Gasteiger partial charge >= 0.3 is 11.8 Å². The first-order valence-corrected chi connectivity index (χ1v) is 7.72. The Balaban J connectivity index is 2.66. The fraction of sp³-hybridized carbons (Fsp3) is 0.471. The van der Waals surface area contributed by atoms with E-state index in [0.717, 1.165) is 25.7 Å². The summed E-state index contributed by atoms with van der Waals surface area (Å²) in [5.74, 6) is -1.12. The third-order valence-electron chi connectivity index (χ3n) is 3.32. The summed E-state index contributed by atoms with van der Waals surface area (Å²) in [5.41, 5.74) is 1.03. The summed E-state index contributed by atoms with van der Waals surface area (Å²) >= 11 is 0. The van der Waals surface area contributed by atoms with E-state index in [0.29, 0.717) is 24.3 Å². The highest BCUT2D eigenvalue weighted by Gasteiger charge is 2.21. The zero-order valence-corrected chi connectivity index (χ0v) is 13.3. The number of unbranched alkanes of at least 4 members (excludes halogenated alkanes) is 2. The van der Waals surface area contributed by atoms with Gasteiger partial charge < -0.3 is 10.2 Å². The molecule has 1 N–H and O–H groups in total. The van der Waals surface area contributed by atoms with Crippen LogP contribution >= 0.6 is 0 Å².